The smallest absolute Gasteiger partial charge is 0.222 e. The Bertz CT molecular complexity index is 242. The van der Waals surface area contributed by atoms with Crippen molar-refractivity contribution in [1.29, 1.82) is 0 Å². The summed E-state index contributed by atoms with van der Waals surface area (Å²) in [6.07, 6.45) is 5.12. The predicted molar refractivity (Wildman–Crippen MR) is 71.6 cm³/mol. The van der Waals surface area contributed by atoms with Crippen LogP contribution in [0.3, 0.4) is 0 Å². The van der Waals surface area contributed by atoms with E-state index in [0.29, 0.717) is 30.2 Å². The molecular formula is C14H28N2O. The van der Waals surface area contributed by atoms with E-state index in [0.717, 1.165) is 32.4 Å². The average Bonchev–Trinajstić information content (AvgIpc) is 2.29. The first-order valence-electron chi connectivity index (χ1n) is 7.04. The third-order valence-electron chi connectivity index (χ3n) is 3.95. The van der Waals surface area contributed by atoms with E-state index < -0.39 is 0 Å². The molecule has 1 aliphatic heterocycles. The Morgan fingerprint density at radius 3 is 2.71 bits per heavy atom. The van der Waals surface area contributed by atoms with Gasteiger partial charge in [-0.25, -0.2) is 0 Å². The van der Waals surface area contributed by atoms with Crippen molar-refractivity contribution in [2.45, 2.75) is 58.9 Å². The Balaban J connectivity index is 2.35. The molecule has 0 aromatic heterocycles. The number of likely N-dealkylation sites (tertiary alicyclic amines) is 1. The van der Waals surface area contributed by atoms with Crippen LogP contribution >= 0.6 is 0 Å². The third kappa shape index (κ3) is 4.66. The van der Waals surface area contributed by atoms with Crippen molar-refractivity contribution in [3.63, 3.8) is 0 Å². The first-order chi connectivity index (χ1) is 8.04. The predicted octanol–water partition coefficient (Wildman–Crippen LogP) is 2.40. The van der Waals surface area contributed by atoms with E-state index in [1.54, 1.807) is 0 Å². The quantitative estimate of drug-likeness (QED) is 0.802. The van der Waals surface area contributed by atoms with Gasteiger partial charge in [-0.2, -0.15) is 0 Å². The molecule has 100 valence electrons. The van der Waals surface area contributed by atoms with Gasteiger partial charge in [0, 0.05) is 19.0 Å². The molecule has 3 nitrogen and oxygen atoms in total. The van der Waals surface area contributed by atoms with Crippen molar-refractivity contribution < 1.29 is 4.79 Å². The summed E-state index contributed by atoms with van der Waals surface area (Å²) in [6, 6.07) is 0.434. The second-order valence-corrected chi connectivity index (χ2v) is 5.80. The Morgan fingerprint density at radius 2 is 2.06 bits per heavy atom. The Kier molecular flexibility index (Phi) is 5.96. The maximum atomic E-state index is 12.2. The summed E-state index contributed by atoms with van der Waals surface area (Å²) in [6.45, 7) is 8.27. The van der Waals surface area contributed by atoms with Crippen molar-refractivity contribution in [2.24, 2.45) is 17.6 Å². The van der Waals surface area contributed by atoms with Crippen molar-refractivity contribution in [3.05, 3.63) is 0 Å². The molecule has 1 fully saturated rings. The van der Waals surface area contributed by atoms with Gasteiger partial charge in [-0.1, -0.05) is 13.8 Å². The Morgan fingerprint density at radius 1 is 1.35 bits per heavy atom. The fraction of sp³-hybridized carbons (Fsp3) is 0.929. The van der Waals surface area contributed by atoms with Gasteiger partial charge in [-0.15, -0.1) is 0 Å². The molecule has 0 aromatic carbocycles. The monoisotopic (exact) mass is 240 g/mol. The van der Waals surface area contributed by atoms with Crippen LogP contribution in [0.5, 0.6) is 0 Å². The zero-order valence-electron chi connectivity index (χ0n) is 11.6. The molecule has 1 aliphatic rings. The van der Waals surface area contributed by atoms with Crippen LogP contribution in [-0.2, 0) is 4.79 Å². The van der Waals surface area contributed by atoms with Gasteiger partial charge in [0.05, 0.1) is 0 Å². The van der Waals surface area contributed by atoms with Crippen molar-refractivity contribution in [3.8, 4) is 0 Å². The van der Waals surface area contributed by atoms with Crippen LogP contribution in [0.15, 0.2) is 0 Å². The molecule has 0 bridgehead atoms. The lowest BCUT2D eigenvalue weighted by atomic mass is 9.94. The molecule has 3 atom stereocenters. The van der Waals surface area contributed by atoms with E-state index in [-0.39, 0.29) is 0 Å². The summed E-state index contributed by atoms with van der Waals surface area (Å²) in [4.78, 5) is 14.2. The minimum atomic E-state index is 0.341. The first-order valence-corrected chi connectivity index (χ1v) is 7.04. The van der Waals surface area contributed by atoms with Crippen LogP contribution in [0.4, 0.5) is 0 Å². The van der Waals surface area contributed by atoms with E-state index in [4.69, 9.17) is 5.73 Å². The molecule has 0 aromatic rings. The van der Waals surface area contributed by atoms with Crippen LogP contribution in [0, 0.1) is 11.8 Å². The van der Waals surface area contributed by atoms with Gasteiger partial charge in [0.25, 0.3) is 0 Å². The van der Waals surface area contributed by atoms with Gasteiger partial charge in [-0.3, -0.25) is 4.79 Å². The van der Waals surface area contributed by atoms with Crippen molar-refractivity contribution in [2.75, 3.05) is 13.1 Å². The number of piperidine rings is 1. The maximum absolute atomic E-state index is 12.2. The van der Waals surface area contributed by atoms with Gasteiger partial charge in [0.15, 0.2) is 0 Å². The molecule has 1 saturated heterocycles. The summed E-state index contributed by atoms with van der Waals surface area (Å²) < 4.78 is 0. The fourth-order valence-corrected chi connectivity index (χ4v) is 2.58. The lowest BCUT2D eigenvalue weighted by Crippen LogP contribution is -2.44. The molecule has 1 rings (SSSR count). The number of carbonyl (C=O) groups excluding carboxylic acids is 1. The second kappa shape index (κ2) is 7.00. The number of carbonyl (C=O) groups is 1. The minimum Gasteiger partial charge on any atom is -0.340 e. The van der Waals surface area contributed by atoms with E-state index in [1.165, 1.54) is 6.42 Å². The molecule has 0 spiro atoms. The Labute approximate surface area is 106 Å². The molecule has 3 unspecified atom stereocenters. The molecule has 0 saturated carbocycles. The van der Waals surface area contributed by atoms with Gasteiger partial charge < -0.3 is 10.6 Å². The highest BCUT2D eigenvalue weighted by molar-refractivity contribution is 5.76. The topological polar surface area (TPSA) is 46.3 Å². The highest BCUT2D eigenvalue weighted by Gasteiger charge is 2.26. The summed E-state index contributed by atoms with van der Waals surface area (Å²) in [7, 11) is 0. The van der Waals surface area contributed by atoms with Gasteiger partial charge in [-0.05, 0) is 51.0 Å². The molecule has 3 heteroatoms. The highest BCUT2D eigenvalue weighted by atomic mass is 16.2. The SMILES string of the molecule is CC(CCN)CCC(=O)N1CC(C)CCC1C. The summed E-state index contributed by atoms with van der Waals surface area (Å²) in [5.41, 5.74) is 5.52. The van der Waals surface area contributed by atoms with Gasteiger partial charge in [0.2, 0.25) is 5.91 Å². The number of nitrogens with two attached hydrogens (primary N) is 1. The number of rotatable bonds is 5. The standard InChI is InChI=1S/C14H28N2O/c1-11(8-9-15)5-7-14(17)16-10-12(2)4-6-13(16)3/h11-13H,4-10,15H2,1-3H3. The fourth-order valence-electron chi connectivity index (χ4n) is 2.58. The van der Waals surface area contributed by atoms with E-state index >= 15 is 0 Å². The van der Waals surface area contributed by atoms with Crippen LogP contribution in [0.1, 0.15) is 52.9 Å². The van der Waals surface area contributed by atoms with Crippen LogP contribution in [0.2, 0.25) is 0 Å². The zero-order chi connectivity index (χ0) is 12.8. The lowest BCUT2D eigenvalue weighted by Gasteiger charge is -2.37. The summed E-state index contributed by atoms with van der Waals surface area (Å²) in [5, 5.41) is 0. The van der Waals surface area contributed by atoms with Crippen molar-refractivity contribution in [1.82, 2.24) is 4.90 Å². The number of nitrogens with zero attached hydrogens (tertiary/aromatic N) is 1. The van der Waals surface area contributed by atoms with Crippen LogP contribution < -0.4 is 5.73 Å². The van der Waals surface area contributed by atoms with Gasteiger partial charge >= 0.3 is 0 Å². The van der Waals surface area contributed by atoms with E-state index in [9.17, 15) is 4.79 Å². The number of hydrogen-bond donors (Lipinski definition) is 1. The number of amides is 1. The third-order valence-corrected chi connectivity index (χ3v) is 3.95. The molecule has 0 radical (unpaired) electrons. The molecule has 0 aliphatic carbocycles. The average molecular weight is 240 g/mol. The van der Waals surface area contributed by atoms with Crippen LogP contribution in [-0.4, -0.2) is 29.9 Å². The first kappa shape index (κ1) is 14.5. The van der Waals surface area contributed by atoms with Crippen molar-refractivity contribution >= 4 is 5.91 Å². The lowest BCUT2D eigenvalue weighted by molar-refractivity contribution is -0.135. The Hall–Kier alpha value is -0.570. The highest BCUT2D eigenvalue weighted by Crippen LogP contribution is 2.23. The van der Waals surface area contributed by atoms with Gasteiger partial charge in [0.1, 0.15) is 0 Å². The number of hydrogen-bond acceptors (Lipinski definition) is 2. The van der Waals surface area contributed by atoms with Crippen LogP contribution in [0.25, 0.3) is 0 Å². The van der Waals surface area contributed by atoms with E-state index in [2.05, 4.69) is 25.7 Å². The molecular weight excluding hydrogens is 212 g/mol. The molecule has 2 N–H and O–H groups in total. The summed E-state index contributed by atoms with van der Waals surface area (Å²) in [5.74, 6) is 1.58. The van der Waals surface area contributed by atoms with E-state index in [1.807, 2.05) is 0 Å². The largest absolute Gasteiger partial charge is 0.340 e. The minimum absolute atomic E-state index is 0.341. The molecule has 17 heavy (non-hydrogen) atoms. The molecule has 1 heterocycles. The normalized spacial score (nSPS) is 26.9. The zero-order valence-corrected chi connectivity index (χ0v) is 11.6. The maximum Gasteiger partial charge on any atom is 0.222 e. The second-order valence-electron chi connectivity index (χ2n) is 5.80. The summed E-state index contributed by atoms with van der Waals surface area (Å²) >= 11 is 0. The molecule has 1 amide bonds.